The van der Waals surface area contributed by atoms with Crippen LogP contribution in [-0.4, -0.2) is 18.8 Å². The molecule has 0 aliphatic heterocycles. The second-order valence-corrected chi connectivity index (χ2v) is 3.68. The molecule has 7 nitrogen and oxygen atoms in total. The lowest BCUT2D eigenvalue weighted by Crippen LogP contribution is -2.13. The first-order valence-corrected chi connectivity index (χ1v) is 5.57. The number of hydrogen-bond donors (Lipinski definition) is 4. The molecule has 1 rings (SSSR count). The van der Waals surface area contributed by atoms with E-state index < -0.39 is 0 Å². The van der Waals surface area contributed by atoms with Gasteiger partial charge in [0.25, 0.3) is 0 Å². The van der Waals surface area contributed by atoms with Crippen molar-refractivity contribution in [1.82, 2.24) is 0 Å². The fourth-order valence-electron chi connectivity index (χ4n) is 1.26. The number of nitrogens with two attached hydrogens (primary N) is 4. The third-order valence-corrected chi connectivity index (χ3v) is 2.23. The monoisotopic (exact) mass is 262 g/mol. The van der Waals surface area contributed by atoms with Crippen LogP contribution in [0.25, 0.3) is 0 Å². The van der Waals surface area contributed by atoms with E-state index in [2.05, 4.69) is 10.2 Å². The first-order valence-electron chi connectivity index (χ1n) is 5.57. The minimum atomic E-state index is 0.296. The van der Waals surface area contributed by atoms with Crippen molar-refractivity contribution in [3.05, 3.63) is 47.3 Å². The van der Waals surface area contributed by atoms with E-state index in [-0.39, 0.29) is 0 Å². The van der Waals surface area contributed by atoms with Crippen LogP contribution in [-0.2, 0) is 11.3 Å². The SMILES string of the molecule is N/C=N\N=C(/N)c1ccc(COC/C(N)=C/N)cc1. The Morgan fingerprint density at radius 3 is 2.42 bits per heavy atom. The molecule has 0 spiro atoms. The van der Waals surface area contributed by atoms with Crippen LogP contribution in [0.3, 0.4) is 0 Å². The van der Waals surface area contributed by atoms with E-state index in [1.165, 1.54) is 6.20 Å². The molecule has 0 bridgehead atoms. The van der Waals surface area contributed by atoms with Gasteiger partial charge in [-0.1, -0.05) is 24.3 Å². The fourth-order valence-corrected chi connectivity index (χ4v) is 1.26. The van der Waals surface area contributed by atoms with Gasteiger partial charge in [0, 0.05) is 11.8 Å². The van der Waals surface area contributed by atoms with Crippen LogP contribution < -0.4 is 22.9 Å². The highest BCUT2D eigenvalue weighted by Gasteiger charge is 1.99. The second kappa shape index (κ2) is 7.72. The van der Waals surface area contributed by atoms with E-state index in [0.29, 0.717) is 24.7 Å². The average molecular weight is 262 g/mol. The van der Waals surface area contributed by atoms with E-state index in [0.717, 1.165) is 17.5 Å². The van der Waals surface area contributed by atoms with Gasteiger partial charge in [-0.3, -0.25) is 0 Å². The van der Waals surface area contributed by atoms with Crippen molar-refractivity contribution in [2.24, 2.45) is 33.1 Å². The van der Waals surface area contributed by atoms with Gasteiger partial charge in [0.15, 0.2) is 5.84 Å². The van der Waals surface area contributed by atoms with Crippen LogP contribution in [0.2, 0.25) is 0 Å². The highest BCUT2D eigenvalue weighted by molar-refractivity contribution is 5.97. The van der Waals surface area contributed by atoms with E-state index in [9.17, 15) is 0 Å². The number of benzene rings is 1. The third-order valence-electron chi connectivity index (χ3n) is 2.23. The standard InChI is InChI=1S/C12H18N6O/c13-5-11(15)7-19-6-9-1-3-10(4-2-9)12(16)18-17-8-14/h1-5,8H,6-7,13,15H2,(H2,14,17)(H2,16,18)/b11-5-. The smallest absolute Gasteiger partial charge is 0.153 e. The van der Waals surface area contributed by atoms with Crippen molar-refractivity contribution in [1.29, 1.82) is 0 Å². The van der Waals surface area contributed by atoms with Crippen LogP contribution in [0.1, 0.15) is 11.1 Å². The maximum Gasteiger partial charge on any atom is 0.153 e. The van der Waals surface area contributed by atoms with Crippen LogP contribution in [0.15, 0.2) is 46.4 Å². The normalized spacial score (nSPS) is 13.1. The van der Waals surface area contributed by atoms with Crippen LogP contribution in [0, 0.1) is 0 Å². The summed E-state index contributed by atoms with van der Waals surface area (Å²) in [6.07, 6.45) is 2.39. The summed E-state index contributed by atoms with van der Waals surface area (Å²) in [5.41, 5.74) is 23.8. The molecule has 0 unspecified atom stereocenters. The molecule has 1 aromatic carbocycles. The topological polar surface area (TPSA) is 138 Å². The van der Waals surface area contributed by atoms with Crippen molar-refractivity contribution in [2.75, 3.05) is 6.61 Å². The summed E-state index contributed by atoms with van der Waals surface area (Å²) in [6.45, 7) is 0.736. The molecule has 0 saturated carbocycles. The Kier molecular flexibility index (Phi) is 5.90. The predicted octanol–water partition coefficient (Wildman–Crippen LogP) is -0.431. The Labute approximate surface area is 111 Å². The van der Waals surface area contributed by atoms with Gasteiger partial charge in [0.05, 0.1) is 18.9 Å². The van der Waals surface area contributed by atoms with E-state index in [4.69, 9.17) is 27.7 Å². The van der Waals surface area contributed by atoms with Gasteiger partial charge >= 0.3 is 0 Å². The molecule has 0 atom stereocenters. The summed E-state index contributed by atoms with van der Waals surface area (Å²) < 4.78 is 5.36. The minimum Gasteiger partial charge on any atom is -0.403 e. The molecule has 102 valence electrons. The molecular weight excluding hydrogens is 244 g/mol. The maximum absolute atomic E-state index is 5.70. The van der Waals surface area contributed by atoms with Gasteiger partial charge in [0.1, 0.15) is 6.34 Å². The quantitative estimate of drug-likeness (QED) is 0.313. The predicted molar refractivity (Wildman–Crippen MR) is 76.0 cm³/mol. The van der Waals surface area contributed by atoms with Gasteiger partial charge < -0.3 is 27.7 Å². The lowest BCUT2D eigenvalue weighted by molar-refractivity contribution is 0.141. The second-order valence-electron chi connectivity index (χ2n) is 3.68. The van der Waals surface area contributed by atoms with Crippen molar-refractivity contribution in [2.45, 2.75) is 6.61 Å². The summed E-state index contributed by atoms with van der Waals surface area (Å²) in [7, 11) is 0. The molecule has 8 N–H and O–H groups in total. The Bertz CT molecular complexity index is 477. The summed E-state index contributed by atoms with van der Waals surface area (Å²) in [4.78, 5) is 0. The fraction of sp³-hybridized carbons (Fsp3) is 0.167. The first kappa shape index (κ1) is 14.5. The Balaban J connectivity index is 2.57. The highest BCUT2D eigenvalue weighted by atomic mass is 16.5. The molecule has 0 saturated heterocycles. The lowest BCUT2D eigenvalue weighted by Gasteiger charge is -2.05. The van der Waals surface area contributed by atoms with E-state index in [1.54, 1.807) is 0 Å². The molecule has 0 heterocycles. The van der Waals surface area contributed by atoms with Crippen LogP contribution in [0.5, 0.6) is 0 Å². The Hall–Kier alpha value is -2.54. The van der Waals surface area contributed by atoms with Crippen molar-refractivity contribution in [3.63, 3.8) is 0 Å². The molecule has 0 aliphatic rings. The lowest BCUT2D eigenvalue weighted by atomic mass is 10.1. The molecule has 1 aromatic rings. The number of hydrogen-bond acceptors (Lipinski definition) is 5. The van der Waals surface area contributed by atoms with Gasteiger partial charge in [0.2, 0.25) is 0 Å². The Morgan fingerprint density at radius 1 is 1.16 bits per heavy atom. The molecule has 0 radical (unpaired) electrons. The van der Waals surface area contributed by atoms with Crippen LogP contribution in [0.4, 0.5) is 0 Å². The number of ether oxygens (including phenoxy) is 1. The zero-order valence-corrected chi connectivity index (χ0v) is 10.5. The van der Waals surface area contributed by atoms with E-state index >= 15 is 0 Å². The minimum absolute atomic E-state index is 0.296. The van der Waals surface area contributed by atoms with Gasteiger partial charge in [-0.25, -0.2) is 0 Å². The maximum atomic E-state index is 5.70. The average Bonchev–Trinajstić information content (AvgIpc) is 2.45. The summed E-state index contributed by atoms with van der Waals surface area (Å²) >= 11 is 0. The summed E-state index contributed by atoms with van der Waals surface area (Å²) in [5.74, 6) is 0.296. The molecule has 0 fully saturated rings. The van der Waals surface area contributed by atoms with Crippen molar-refractivity contribution >= 4 is 12.2 Å². The van der Waals surface area contributed by atoms with Gasteiger partial charge in [-0.15, -0.1) is 10.2 Å². The highest BCUT2D eigenvalue weighted by Crippen LogP contribution is 2.06. The zero-order valence-electron chi connectivity index (χ0n) is 10.5. The summed E-state index contributed by atoms with van der Waals surface area (Å²) in [6, 6.07) is 7.41. The van der Waals surface area contributed by atoms with Gasteiger partial charge in [-0.05, 0) is 5.56 Å². The molecule has 0 aliphatic carbocycles. The van der Waals surface area contributed by atoms with Crippen molar-refractivity contribution in [3.8, 4) is 0 Å². The largest absolute Gasteiger partial charge is 0.403 e. The number of amidine groups is 1. The summed E-state index contributed by atoms with van der Waals surface area (Å²) in [5, 5.41) is 7.22. The Morgan fingerprint density at radius 2 is 1.84 bits per heavy atom. The number of nitrogens with zero attached hydrogens (tertiary/aromatic N) is 2. The van der Waals surface area contributed by atoms with Crippen molar-refractivity contribution < 1.29 is 4.74 Å². The molecular formula is C12H18N6O. The third kappa shape index (κ3) is 5.09. The van der Waals surface area contributed by atoms with Crippen LogP contribution >= 0.6 is 0 Å². The molecule has 19 heavy (non-hydrogen) atoms. The zero-order chi connectivity index (χ0) is 14.1. The first-order chi connectivity index (χ1) is 9.17. The number of rotatable bonds is 6. The van der Waals surface area contributed by atoms with E-state index in [1.807, 2.05) is 24.3 Å². The molecule has 0 amide bonds. The molecule has 7 heteroatoms. The molecule has 0 aromatic heterocycles. The van der Waals surface area contributed by atoms with Gasteiger partial charge in [-0.2, -0.15) is 0 Å².